The SMILES string of the molecule is CC(C)(C)c1ccc(C(O)c2cc(Cl)ccc2Br)cc1. The van der Waals surface area contributed by atoms with Crippen LogP contribution in [0.5, 0.6) is 0 Å². The lowest BCUT2D eigenvalue weighted by atomic mass is 9.86. The summed E-state index contributed by atoms with van der Waals surface area (Å²) in [7, 11) is 0. The lowest BCUT2D eigenvalue weighted by molar-refractivity contribution is 0.219. The van der Waals surface area contributed by atoms with E-state index in [-0.39, 0.29) is 5.41 Å². The van der Waals surface area contributed by atoms with Gasteiger partial charge >= 0.3 is 0 Å². The molecule has 0 aliphatic carbocycles. The Balaban J connectivity index is 2.34. The van der Waals surface area contributed by atoms with Gasteiger partial charge < -0.3 is 5.11 Å². The minimum atomic E-state index is -0.683. The van der Waals surface area contributed by atoms with Crippen LogP contribution in [0.3, 0.4) is 0 Å². The standard InChI is InChI=1S/C17H18BrClO/c1-17(2,3)12-6-4-11(5-7-12)16(20)14-10-13(19)8-9-15(14)18/h4-10,16,20H,1-3H3. The van der Waals surface area contributed by atoms with E-state index >= 15 is 0 Å². The molecule has 0 saturated carbocycles. The maximum absolute atomic E-state index is 10.5. The molecule has 106 valence electrons. The van der Waals surface area contributed by atoms with Gasteiger partial charge in [0.25, 0.3) is 0 Å². The zero-order valence-corrected chi connectivity index (χ0v) is 14.2. The molecule has 0 aliphatic rings. The minimum Gasteiger partial charge on any atom is -0.384 e. The monoisotopic (exact) mass is 352 g/mol. The first kappa shape index (κ1) is 15.6. The highest BCUT2D eigenvalue weighted by molar-refractivity contribution is 9.10. The third kappa shape index (κ3) is 3.43. The fourth-order valence-corrected chi connectivity index (χ4v) is 2.71. The molecule has 0 radical (unpaired) electrons. The predicted octanol–water partition coefficient (Wildman–Crippen LogP) is 5.48. The van der Waals surface area contributed by atoms with Crippen LogP contribution < -0.4 is 0 Å². The fraction of sp³-hybridized carbons (Fsp3) is 0.294. The van der Waals surface area contributed by atoms with E-state index in [2.05, 4.69) is 48.8 Å². The Morgan fingerprint density at radius 3 is 2.20 bits per heavy atom. The van der Waals surface area contributed by atoms with Crippen molar-refractivity contribution >= 4 is 27.5 Å². The van der Waals surface area contributed by atoms with Crippen LogP contribution in [0.4, 0.5) is 0 Å². The zero-order chi connectivity index (χ0) is 14.9. The summed E-state index contributed by atoms with van der Waals surface area (Å²) in [4.78, 5) is 0. The minimum absolute atomic E-state index is 0.111. The van der Waals surface area contributed by atoms with Crippen molar-refractivity contribution < 1.29 is 5.11 Å². The van der Waals surface area contributed by atoms with E-state index in [4.69, 9.17) is 11.6 Å². The summed E-state index contributed by atoms with van der Waals surface area (Å²) in [5.74, 6) is 0. The molecule has 0 aromatic heterocycles. The van der Waals surface area contributed by atoms with E-state index in [1.54, 1.807) is 12.1 Å². The van der Waals surface area contributed by atoms with Crippen LogP contribution in [-0.4, -0.2) is 5.11 Å². The van der Waals surface area contributed by atoms with Crippen LogP contribution in [0.1, 0.15) is 43.6 Å². The molecule has 0 bridgehead atoms. The summed E-state index contributed by atoms with van der Waals surface area (Å²) in [5.41, 5.74) is 3.00. The van der Waals surface area contributed by atoms with Gasteiger partial charge in [0.1, 0.15) is 6.10 Å². The van der Waals surface area contributed by atoms with Crippen molar-refractivity contribution in [1.29, 1.82) is 0 Å². The summed E-state index contributed by atoms with van der Waals surface area (Å²) in [6.07, 6.45) is -0.683. The number of aliphatic hydroxyl groups excluding tert-OH is 1. The lowest BCUT2D eigenvalue weighted by Gasteiger charge is -2.20. The maximum atomic E-state index is 10.5. The smallest absolute Gasteiger partial charge is 0.105 e. The first-order chi connectivity index (χ1) is 9.29. The van der Waals surface area contributed by atoms with Crippen molar-refractivity contribution in [3.63, 3.8) is 0 Å². The highest BCUT2D eigenvalue weighted by atomic mass is 79.9. The molecule has 1 nitrogen and oxygen atoms in total. The molecule has 1 atom stereocenters. The molecule has 0 saturated heterocycles. The second kappa shape index (κ2) is 5.88. The average molecular weight is 354 g/mol. The van der Waals surface area contributed by atoms with E-state index in [1.807, 2.05) is 18.2 Å². The predicted molar refractivity (Wildman–Crippen MR) is 88.4 cm³/mol. The van der Waals surface area contributed by atoms with Gasteiger partial charge in [0.15, 0.2) is 0 Å². The normalized spacial score (nSPS) is 13.3. The average Bonchev–Trinajstić information content (AvgIpc) is 2.40. The van der Waals surface area contributed by atoms with Crippen LogP contribution in [0, 0.1) is 0 Å². The highest BCUT2D eigenvalue weighted by Crippen LogP contribution is 2.32. The molecule has 0 aliphatic heterocycles. The third-order valence-electron chi connectivity index (χ3n) is 3.35. The Bertz CT molecular complexity index is 599. The molecule has 1 N–H and O–H groups in total. The molecule has 3 heteroatoms. The first-order valence-electron chi connectivity index (χ1n) is 6.52. The largest absolute Gasteiger partial charge is 0.384 e. The van der Waals surface area contributed by atoms with E-state index in [1.165, 1.54) is 5.56 Å². The number of hydrogen-bond acceptors (Lipinski definition) is 1. The quantitative estimate of drug-likeness (QED) is 0.757. The van der Waals surface area contributed by atoms with E-state index < -0.39 is 6.10 Å². The van der Waals surface area contributed by atoms with Crippen molar-refractivity contribution in [3.8, 4) is 0 Å². The Hall–Kier alpha value is -0.830. The topological polar surface area (TPSA) is 20.2 Å². The van der Waals surface area contributed by atoms with Crippen LogP contribution in [0.15, 0.2) is 46.9 Å². The van der Waals surface area contributed by atoms with Gasteiger partial charge in [-0.25, -0.2) is 0 Å². The van der Waals surface area contributed by atoms with Crippen LogP contribution in [0.2, 0.25) is 5.02 Å². The Morgan fingerprint density at radius 1 is 1.05 bits per heavy atom. The Labute approximate surface area is 133 Å². The summed E-state index contributed by atoms with van der Waals surface area (Å²) >= 11 is 9.46. The van der Waals surface area contributed by atoms with Crippen LogP contribution in [-0.2, 0) is 5.41 Å². The molecule has 0 amide bonds. The molecule has 2 aromatic rings. The summed E-state index contributed by atoms with van der Waals surface area (Å²) in [6.45, 7) is 6.52. The molecule has 2 rings (SSSR count). The number of hydrogen-bond donors (Lipinski definition) is 1. The van der Waals surface area contributed by atoms with Gasteiger partial charge in [-0.05, 0) is 34.7 Å². The highest BCUT2D eigenvalue weighted by Gasteiger charge is 2.17. The lowest BCUT2D eigenvalue weighted by Crippen LogP contribution is -2.11. The molecule has 1 unspecified atom stereocenters. The zero-order valence-electron chi connectivity index (χ0n) is 11.8. The second-order valence-electron chi connectivity index (χ2n) is 5.94. The molecule has 0 spiro atoms. The Kier molecular flexibility index (Phi) is 4.58. The maximum Gasteiger partial charge on any atom is 0.105 e. The first-order valence-corrected chi connectivity index (χ1v) is 7.69. The number of benzene rings is 2. The van der Waals surface area contributed by atoms with Crippen LogP contribution >= 0.6 is 27.5 Å². The summed E-state index contributed by atoms with van der Waals surface area (Å²) in [5, 5.41) is 11.1. The number of aliphatic hydroxyl groups is 1. The van der Waals surface area contributed by atoms with Gasteiger partial charge in [-0.3, -0.25) is 0 Å². The molecular formula is C17H18BrClO. The van der Waals surface area contributed by atoms with E-state index in [0.717, 1.165) is 15.6 Å². The van der Waals surface area contributed by atoms with Crippen LogP contribution in [0.25, 0.3) is 0 Å². The molecule has 0 fully saturated rings. The molecule has 2 aromatic carbocycles. The second-order valence-corrected chi connectivity index (χ2v) is 7.23. The Morgan fingerprint density at radius 2 is 1.65 bits per heavy atom. The number of halogens is 2. The number of rotatable bonds is 2. The molecule has 20 heavy (non-hydrogen) atoms. The summed E-state index contributed by atoms with van der Waals surface area (Å²) in [6, 6.07) is 13.5. The van der Waals surface area contributed by atoms with Gasteiger partial charge in [0, 0.05) is 15.1 Å². The van der Waals surface area contributed by atoms with Crippen molar-refractivity contribution in [2.45, 2.75) is 32.3 Å². The van der Waals surface area contributed by atoms with E-state index in [0.29, 0.717) is 5.02 Å². The van der Waals surface area contributed by atoms with Crippen molar-refractivity contribution in [2.24, 2.45) is 0 Å². The van der Waals surface area contributed by atoms with E-state index in [9.17, 15) is 5.11 Å². The third-order valence-corrected chi connectivity index (χ3v) is 4.30. The van der Waals surface area contributed by atoms with Gasteiger partial charge in [-0.15, -0.1) is 0 Å². The van der Waals surface area contributed by atoms with Gasteiger partial charge in [-0.2, -0.15) is 0 Å². The summed E-state index contributed by atoms with van der Waals surface area (Å²) < 4.78 is 0.856. The molecular weight excluding hydrogens is 336 g/mol. The van der Waals surface area contributed by atoms with Crippen molar-refractivity contribution in [2.75, 3.05) is 0 Å². The van der Waals surface area contributed by atoms with Gasteiger partial charge in [0.2, 0.25) is 0 Å². The molecule has 0 heterocycles. The van der Waals surface area contributed by atoms with Gasteiger partial charge in [-0.1, -0.05) is 72.6 Å². The fourth-order valence-electron chi connectivity index (χ4n) is 2.07. The van der Waals surface area contributed by atoms with Gasteiger partial charge in [0.05, 0.1) is 0 Å². The van der Waals surface area contributed by atoms with Crippen molar-refractivity contribution in [1.82, 2.24) is 0 Å². The van der Waals surface area contributed by atoms with Crippen molar-refractivity contribution in [3.05, 3.63) is 68.7 Å².